The van der Waals surface area contributed by atoms with Gasteiger partial charge < -0.3 is 5.73 Å². The van der Waals surface area contributed by atoms with E-state index in [1.54, 1.807) is 4.31 Å². The maximum Gasteiger partial charge on any atom is 0.282 e. The Balaban J connectivity index is 2.08. The molecule has 1 heterocycles. The van der Waals surface area contributed by atoms with Crippen LogP contribution in [0.3, 0.4) is 0 Å². The van der Waals surface area contributed by atoms with Gasteiger partial charge in [-0.3, -0.25) is 0 Å². The van der Waals surface area contributed by atoms with Crippen LogP contribution in [-0.2, 0) is 10.2 Å². The molecule has 6 heteroatoms. The molecule has 1 saturated carbocycles. The van der Waals surface area contributed by atoms with E-state index in [1.165, 1.54) is 4.31 Å². The van der Waals surface area contributed by atoms with Gasteiger partial charge >= 0.3 is 0 Å². The Morgan fingerprint density at radius 1 is 1.29 bits per heavy atom. The van der Waals surface area contributed by atoms with Gasteiger partial charge in [0, 0.05) is 32.2 Å². The maximum atomic E-state index is 11.9. The monoisotopic (exact) mass is 219 g/mol. The minimum Gasteiger partial charge on any atom is -0.329 e. The zero-order chi connectivity index (χ0) is 10.2. The van der Waals surface area contributed by atoms with E-state index >= 15 is 0 Å². The van der Waals surface area contributed by atoms with Crippen molar-refractivity contribution in [3.05, 3.63) is 0 Å². The first kappa shape index (κ1) is 10.4. The first-order chi connectivity index (χ1) is 6.66. The van der Waals surface area contributed by atoms with Crippen LogP contribution in [0.15, 0.2) is 0 Å². The Labute approximate surface area is 85.0 Å². The predicted molar refractivity (Wildman–Crippen MR) is 53.9 cm³/mol. The standard InChI is InChI=1S/C8H17N3O2S/c9-4-5-10-6-7-11(14(10,12)13)8-2-1-3-8/h8H,1-7,9H2. The van der Waals surface area contributed by atoms with Crippen LogP contribution in [0.25, 0.3) is 0 Å². The highest BCUT2D eigenvalue weighted by molar-refractivity contribution is 7.87. The van der Waals surface area contributed by atoms with Gasteiger partial charge in [-0.1, -0.05) is 6.42 Å². The molecule has 0 aromatic rings. The first-order valence-electron chi connectivity index (χ1n) is 5.13. The molecule has 2 N–H and O–H groups in total. The average molecular weight is 219 g/mol. The van der Waals surface area contributed by atoms with E-state index in [0.717, 1.165) is 19.3 Å². The van der Waals surface area contributed by atoms with Gasteiger partial charge in [-0.25, -0.2) is 0 Å². The van der Waals surface area contributed by atoms with Crippen LogP contribution >= 0.6 is 0 Å². The molecule has 1 aliphatic heterocycles. The van der Waals surface area contributed by atoms with E-state index in [2.05, 4.69) is 0 Å². The van der Waals surface area contributed by atoms with E-state index < -0.39 is 10.2 Å². The molecule has 2 aliphatic rings. The maximum absolute atomic E-state index is 11.9. The highest BCUT2D eigenvalue weighted by Crippen LogP contribution is 2.30. The normalized spacial score (nSPS) is 29.2. The SMILES string of the molecule is NCCN1CCN(C2CCC2)S1(=O)=O. The number of hydrogen-bond donors (Lipinski definition) is 1. The van der Waals surface area contributed by atoms with Gasteiger partial charge in [-0.05, 0) is 12.8 Å². The summed E-state index contributed by atoms with van der Waals surface area (Å²) < 4.78 is 27.0. The Bertz CT molecular complexity index is 300. The molecule has 82 valence electrons. The lowest BCUT2D eigenvalue weighted by Crippen LogP contribution is -2.44. The summed E-state index contributed by atoms with van der Waals surface area (Å²) >= 11 is 0. The smallest absolute Gasteiger partial charge is 0.282 e. The lowest BCUT2D eigenvalue weighted by atomic mass is 9.93. The van der Waals surface area contributed by atoms with E-state index in [-0.39, 0.29) is 6.04 Å². The summed E-state index contributed by atoms with van der Waals surface area (Å²) in [6, 6.07) is 0.266. The summed E-state index contributed by atoms with van der Waals surface area (Å²) in [6.45, 7) is 2.10. The predicted octanol–water partition coefficient (Wildman–Crippen LogP) is -0.640. The fraction of sp³-hybridized carbons (Fsp3) is 1.00. The second-order valence-corrected chi connectivity index (χ2v) is 5.77. The van der Waals surface area contributed by atoms with Crippen molar-refractivity contribution in [1.29, 1.82) is 0 Å². The Kier molecular flexibility index (Phi) is 2.79. The van der Waals surface area contributed by atoms with Crippen LogP contribution in [0.1, 0.15) is 19.3 Å². The molecule has 0 aromatic carbocycles. The quantitative estimate of drug-likeness (QED) is 0.686. The second kappa shape index (κ2) is 3.77. The molecule has 0 amide bonds. The van der Waals surface area contributed by atoms with Gasteiger partial charge in [0.1, 0.15) is 0 Å². The van der Waals surface area contributed by atoms with Crippen molar-refractivity contribution in [2.24, 2.45) is 5.73 Å². The zero-order valence-electron chi connectivity index (χ0n) is 8.22. The van der Waals surface area contributed by atoms with Gasteiger partial charge in [0.15, 0.2) is 0 Å². The molecule has 1 saturated heterocycles. The van der Waals surface area contributed by atoms with Gasteiger partial charge in [-0.15, -0.1) is 0 Å². The van der Waals surface area contributed by atoms with Crippen LogP contribution in [-0.4, -0.2) is 49.2 Å². The number of hydrogen-bond acceptors (Lipinski definition) is 3. The van der Waals surface area contributed by atoms with Gasteiger partial charge in [-0.2, -0.15) is 17.0 Å². The van der Waals surface area contributed by atoms with E-state index in [9.17, 15) is 8.42 Å². The number of rotatable bonds is 3. The average Bonchev–Trinajstić information content (AvgIpc) is 2.29. The number of nitrogens with zero attached hydrogens (tertiary/aromatic N) is 2. The fourth-order valence-electron chi connectivity index (χ4n) is 2.01. The summed E-state index contributed by atoms with van der Waals surface area (Å²) in [4.78, 5) is 0. The van der Waals surface area contributed by atoms with Crippen LogP contribution in [0.5, 0.6) is 0 Å². The summed E-state index contributed by atoms with van der Waals surface area (Å²) in [5.41, 5.74) is 5.37. The summed E-state index contributed by atoms with van der Waals surface area (Å²) in [7, 11) is -3.16. The van der Waals surface area contributed by atoms with Crippen molar-refractivity contribution in [2.75, 3.05) is 26.2 Å². The van der Waals surface area contributed by atoms with Crippen LogP contribution < -0.4 is 5.73 Å². The van der Waals surface area contributed by atoms with Crippen molar-refractivity contribution < 1.29 is 8.42 Å². The van der Waals surface area contributed by atoms with Gasteiger partial charge in [0.25, 0.3) is 10.2 Å². The van der Waals surface area contributed by atoms with Crippen molar-refractivity contribution in [3.63, 3.8) is 0 Å². The minimum atomic E-state index is -3.16. The van der Waals surface area contributed by atoms with Crippen LogP contribution in [0.2, 0.25) is 0 Å². The third-order valence-corrected chi connectivity index (χ3v) is 5.14. The van der Waals surface area contributed by atoms with E-state index in [1.807, 2.05) is 0 Å². The molecule has 0 radical (unpaired) electrons. The third-order valence-electron chi connectivity index (χ3n) is 3.05. The van der Waals surface area contributed by atoms with Crippen molar-refractivity contribution >= 4 is 10.2 Å². The molecular weight excluding hydrogens is 202 g/mol. The van der Waals surface area contributed by atoms with Gasteiger partial charge in [0.2, 0.25) is 0 Å². The van der Waals surface area contributed by atoms with E-state index in [0.29, 0.717) is 26.2 Å². The molecule has 2 fully saturated rings. The lowest BCUT2D eigenvalue weighted by molar-refractivity contribution is 0.235. The lowest BCUT2D eigenvalue weighted by Gasteiger charge is -2.33. The molecule has 0 bridgehead atoms. The molecule has 2 rings (SSSR count). The Morgan fingerprint density at radius 2 is 2.00 bits per heavy atom. The Hall–Kier alpha value is -0.170. The molecule has 0 atom stereocenters. The summed E-state index contributed by atoms with van der Waals surface area (Å²) in [5, 5.41) is 0. The molecule has 1 aliphatic carbocycles. The summed E-state index contributed by atoms with van der Waals surface area (Å²) in [6.07, 6.45) is 3.21. The van der Waals surface area contributed by atoms with E-state index in [4.69, 9.17) is 5.73 Å². The largest absolute Gasteiger partial charge is 0.329 e. The highest BCUT2D eigenvalue weighted by Gasteiger charge is 2.41. The van der Waals surface area contributed by atoms with Crippen molar-refractivity contribution in [1.82, 2.24) is 8.61 Å². The molecule has 0 aromatic heterocycles. The molecule has 5 nitrogen and oxygen atoms in total. The van der Waals surface area contributed by atoms with Crippen LogP contribution in [0, 0.1) is 0 Å². The second-order valence-electron chi connectivity index (χ2n) is 3.89. The summed E-state index contributed by atoms with van der Waals surface area (Å²) in [5.74, 6) is 0. The molecular formula is C8H17N3O2S. The zero-order valence-corrected chi connectivity index (χ0v) is 9.04. The molecule has 0 unspecified atom stereocenters. The fourth-order valence-corrected chi connectivity index (χ4v) is 3.85. The molecule has 14 heavy (non-hydrogen) atoms. The third kappa shape index (κ3) is 1.56. The topological polar surface area (TPSA) is 66.6 Å². The number of nitrogens with two attached hydrogens (primary N) is 1. The molecule has 0 spiro atoms. The highest BCUT2D eigenvalue weighted by atomic mass is 32.2. The first-order valence-corrected chi connectivity index (χ1v) is 6.53. The minimum absolute atomic E-state index is 0.266. The Morgan fingerprint density at radius 3 is 2.50 bits per heavy atom. The van der Waals surface area contributed by atoms with Crippen molar-refractivity contribution in [2.45, 2.75) is 25.3 Å². The van der Waals surface area contributed by atoms with Gasteiger partial charge in [0.05, 0.1) is 0 Å². The van der Waals surface area contributed by atoms with Crippen LogP contribution in [0.4, 0.5) is 0 Å². The van der Waals surface area contributed by atoms with Crippen molar-refractivity contribution in [3.8, 4) is 0 Å².